The molecular formula is C20H22ClN3O3. The highest BCUT2D eigenvalue weighted by Gasteiger charge is 2.21. The first kappa shape index (κ1) is 17.9. The first-order valence-corrected chi connectivity index (χ1v) is 9.48. The highest BCUT2D eigenvalue weighted by molar-refractivity contribution is 6.32. The lowest BCUT2D eigenvalue weighted by atomic mass is 10.2. The number of carbonyl (C=O) groups is 1. The third-order valence-electron chi connectivity index (χ3n) is 4.90. The van der Waals surface area contributed by atoms with Crippen LogP contribution in [-0.4, -0.2) is 56.9 Å². The summed E-state index contributed by atoms with van der Waals surface area (Å²) < 4.78 is 10.6. The molecule has 7 heteroatoms. The molecule has 0 saturated carbocycles. The van der Waals surface area contributed by atoms with Gasteiger partial charge in [0.05, 0.1) is 5.02 Å². The van der Waals surface area contributed by atoms with Gasteiger partial charge >= 0.3 is 0 Å². The topological polar surface area (TPSA) is 54.0 Å². The fourth-order valence-electron chi connectivity index (χ4n) is 3.40. The maximum absolute atomic E-state index is 12.4. The summed E-state index contributed by atoms with van der Waals surface area (Å²) in [5, 5.41) is 3.35. The van der Waals surface area contributed by atoms with E-state index in [-0.39, 0.29) is 12.7 Å². The molecule has 0 aromatic heterocycles. The molecule has 0 radical (unpaired) electrons. The van der Waals surface area contributed by atoms with Gasteiger partial charge in [0, 0.05) is 50.5 Å². The molecular weight excluding hydrogens is 366 g/mol. The van der Waals surface area contributed by atoms with E-state index < -0.39 is 0 Å². The van der Waals surface area contributed by atoms with Gasteiger partial charge in [-0.3, -0.25) is 9.69 Å². The number of rotatable bonds is 5. The van der Waals surface area contributed by atoms with Gasteiger partial charge in [0.25, 0.3) is 5.91 Å². The Bertz CT molecular complexity index is 808. The number of nitrogens with zero attached hydrogens (tertiary/aromatic N) is 2. The second kappa shape index (κ2) is 8.06. The summed E-state index contributed by atoms with van der Waals surface area (Å²) in [6.07, 6.45) is 0. The number of fused-ring (bicyclic) bond motifs is 1. The van der Waals surface area contributed by atoms with Crippen LogP contribution in [0.1, 0.15) is 10.4 Å². The molecule has 2 aromatic carbocycles. The van der Waals surface area contributed by atoms with E-state index in [2.05, 4.69) is 39.4 Å². The monoisotopic (exact) mass is 387 g/mol. The van der Waals surface area contributed by atoms with Crippen LogP contribution in [-0.2, 0) is 0 Å². The number of amides is 1. The largest absolute Gasteiger partial charge is 0.454 e. The Morgan fingerprint density at radius 2 is 1.85 bits per heavy atom. The molecule has 142 valence electrons. The number of halogens is 1. The lowest BCUT2D eigenvalue weighted by Gasteiger charge is -2.36. The smallest absolute Gasteiger partial charge is 0.251 e. The van der Waals surface area contributed by atoms with Crippen molar-refractivity contribution in [2.75, 3.05) is 51.0 Å². The molecule has 6 nitrogen and oxygen atoms in total. The van der Waals surface area contributed by atoms with Gasteiger partial charge in [-0.15, -0.1) is 0 Å². The van der Waals surface area contributed by atoms with E-state index in [4.69, 9.17) is 21.1 Å². The van der Waals surface area contributed by atoms with Crippen molar-refractivity contribution in [3.63, 3.8) is 0 Å². The molecule has 0 aliphatic carbocycles. The number of anilines is 1. The lowest BCUT2D eigenvalue weighted by molar-refractivity contribution is 0.0947. The van der Waals surface area contributed by atoms with E-state index in [1.807, 2.05) is 6.07 Å². The SMILES string of the molecule is O=C(NCCN1CCN(c2ccccc2)CC1)c1cc(Cl)c2c(c1)OCO2. The molecule has 0 unspecified atom stereocenters. The van der Waals surface area contributed by atoms with E-state index in [9.17, 15) is 4.79 Å². The van der Waals surface area contributed by atoms with Crippen molar-refractivity contribution in [1.29, 1.82) is 0 Å². The van der Waals surface area contributed by atoms with Crippen molar-refractivity contribution >= 4 is 23.2 Å². The Hall–Kier alpha value is -2.44. The Morgan fingerprint density at radius 3 is 2.63 bits per heavy atom. The highest BCUT2D eigenvalue weighted by atomic mass is 35.5. The molecule has 0 bridgehead atoms. The number of piperazine rings is 1. The number of hydrogen-bond acceptors (Lipinski definition) is 5. The number of hydrogen-bond donors (Lipinski definition) is 1. The van der Waals surface area contributed by atoms with Crippen LogP contribution in [0.3, 0.4) is 0 Å². The van der Waals surface area contributed by atoms with Crippen molar-refractivity contribution < 1.29 is 14.3 Å². The fourth-order valence-corrected chi connectivity index (χ4v) is 3.66. The first-order valence-electron chi connectivity index (χ1n) is 9.10. The van der Waals surface area contributed by atoms with Crippen LogP contribution in [0.4, 0.5) is 5.69 Å². The van der Waals surface area contributed by atoms with E-state index in [0.717, 1.165) is 32.7 Å². The van der Waals surface area contributed by atoms with Crippen LogP contribution < -0.4 is 19.7 Å². The maximum atomic E-state index is 12.4. The minimum absolute atomic E-state index is 0.134. The zero-order chi connectivity index (χ0) is 18.6. The summed E-state index contributed by atoms with van der Waals surface area (Å²) in [6.45, 7) is 5.52. The second-order valence-electron chi connectivity index (χ2n) is 6.61. The van der Waals surface area contributed by atoms with Gasteiger partial charge in [0.15, 0.2) is 11.5 Å². The number of nitrogens with one attached hydrogen (secondary N) is 1. The molecule has 1 saturated heterocycles. The van der Waals surface area contributed by atoms with Crippen LogP contribution in [0.15, 0.2) is 42.5 Å². The summed E-state index contributed by atoms with van der Waals surface area (Å²) in [7, 11) is 0. The predicted octanol–water partition coefficient (Wildman–Crippen LogP) is 2.62. The first-order chi connectivity index (χ1) is 13.2. The van der Waals surface area contributed by atoms with Crippen LogP contribution >= 0.6 is 11.6 Å². The zero-order valence-corrected chi connectivity index (χ0v) is 15.7. The van der Waals surface area contributed by atoms with Gasteiger partial charge in [0.2, 0.25) is 6.79 Å². The summed E-state index contributed by atoms with van der Waals surface area (Å²) in [4.78, 5) is 17.1. The van der Waals surface area contributed by atoms with E-state index >= 15 is 0 Å². The normalized spacial score (nSPS) is 16.4. The van der Waals surface area contributed by atoms with Crippen molar-refractivity contribution in [2.24, 2.45) is 0 Å². The fraction of sp³-hybridized carbons (Fsp3) is 0.350. The van der Waals surface area contributed by atoms with Gasteiger partial charge < -0.3 is 19.7 Å². The molecule has 1 amide bonds. The van der Waals surface area contributed by atoms with Crippen molar-refractivity contribution in [2.45, 2.75) is 0 Å². The molecule has 2 aromatic rings. The number of ether oxygens (including phenoxy) is 2. The minimum atomic E-state index is -0.155. The molecule has 4 rings (SSSR count). The Kier molecular flexibility index (Phi) is 5.36. The number of para-hydroxylation sites is 1. The maximum Gasteiger partial charge on any atom is 0.251 e. The minimum Gasteiger partial charge on any atom is -0.454 e. The molecule has 0 spiro atoms. The Morgan fingerprint density at radius 1 is 1.07 bits per heavy atom. The van der Waals surface area contributed by atoms with Gasteiger partial charge in [-0.25, -0.2) is 0 Å². The Balaban J connectivity index is 1.24. The summed E-state index contributed by atoms with van der Waals surface area (Å²) >= 11 is 6.14. The predicted molar refractivity (Wildman–Crippen MR) is 105 cm³/mol. The van der Waals surface area contributed by atoms with Gasteiger partial charge in [-0.1, -0.05) is 29.8 Å². The van der Waals surface area contributed by atoms with E-state index in [0.29, 0.717) is 28.6 Å². The number of carbonyl (C=O) groups excluding carboxylic acids is 1. The highest BCUT2D eigenvalue weighted by Crippen LogP contribution is 2.39. The molecule has 1 N–H and O–H groups in total. The van der Waals surface area contributed by atoms with Crippen LogP contribution in [0.25, 0.3) is 0 Å². The summed E-state index contributed by atoms with van der Waals surface area (Å²) in [6, 6.07) is 13.7. The van der Waals surface area contributed by atoms with Crippen LogP contribution in [0, 0.1) is 0 Å². The van der Waals surface area contributed by atoms with E-state index in [1.165, 1.54) is 5.69 Å². The summed E-state index contributed by atoms with van der Waals surface area (Å²) in [5.74, 6) is 0.868. The van der Waals surface area contributed by atoms with Crippen LogP contribution in [0.2, 0.25) is 5.02 Å². The molecule has 27 heavy (non-hydrogen) atoms. The average molecular weight is 388 g/mol. The van der Waals surface area contributed by atoms with Gasteiger partial charge in [-0.2, -0.15) is 0 Å². The lowest BCUT2D eigenvalue weighted by Crippen LogP contribution is -2.48. The molecule has 0 atom stereocenters. The standard InChI is InChI=1S/C20H22ClN3O3/c21-17-12-15(13-18-19(17)27-14-26-18)20(25)22-6-7-23-8-10-24(11-9-23)16-4-2-1-3-5-16/h1-5,12-13H,6-11,14H2,(H,22,25). The molecule has 2 aliphatic rings. The van der Waals surface area contributed by atoms with Crippen molar-refractivity contribution in [1.82, 2.24) is 10.2 Å². The van der Waals surface area contributed by atoms with Gasteiger partial charge in [-0.05, 0) is 24.3 Å². The average Bonchev–Trinajstić information content (AvgIpc) is 3.18. The molecule has 2 aliphatic heterocycles. The zero-order valence-electron chi connectivity index (χ0n) is 15.0. The van der Waals surface area contributed by atoms with Crippen molar-refractivity contribution in [3.8, 4) is 11.5 Å². The van der Waals surface area contributed by atoms with Crippen LogP contribution in [0.5, 0.6) is 11.5 Å². The Labute approximate surface area is 163 Å². The van der Waals surface area contributed by atoms with Gasteiger partial charge in [0.1, 0.15) is 0 Å². The molecule has 1 fully saturated rings. The third-order valence-corrected chi connectivity index (χ3v) is 5.18. The van der Waals surface area contributed by atoms with E-state index in [1.54, 1.807) is 12.1 Å². The third kappa shape index (κ3) is 4.12. The molecule has 2 heterocycles. The quantitative estimate of drug-likeness (QED) is 0.854. The summed E-state index contributed by atoms with van der Waals surface area (Å²) in [5.41, 5.74) is 1.75. The number of benzene rings is 2. The second-order valence-corrected chi connectivity index (χ2v) is 7.02. The van der Waals surface area contributed by atoms with Crippen molar-refractivity contribution in [3.05, 3.63) is 53.1 Å².